The van der Waals surface area contributed by atoms with E-state index in [-0.39, 0.29) is 6.04 Å². The Kier molecular flexibility index (Phi) is 4.53. The molecule has 1 aliphatic heterocycles. The van der Waals surface area contributed by atoms with Crippen molar-refractivity contribution in [2.75, 3.05) is 13.1 Å². The maximum absolute atomic E-state index is 13.5. The van der Waals surface area contributed by atoms with Crippen LogP contribution in [0.1, 0.15) is 38.3 Å². The van der Waals surface area contributed by atoms with Gasteiger partial charge >= 0.3 is 0 Å². The summed E-state index contributed by atoms with van der Waals surface area (Å²) in [6.07, 6.45) is 2.16. The highest BCUT2D eigenvalue weighted by Crippen LogP contribution is 2.37. The third-order valence-electron chi connectivity index (χ3n) is 4.05. The molecular weight excluding hydrogens is 246 g/mol. The predicted molar refractivity (Wildman–Crippen MR) is 72.7 cm³/mol. The highest BCUT2D eigenvalue weighted by atomic mass is 19.2. The Morgan fingerprint density at radius 3 is 2.63 bits per heavy atom. The van der Waals surface area contributed by atoms with E-state index in [0.717, 1.165) is 24.9 Å². The smallest absolute Gasteiger partial charge is 0.159 e. The Bertz CT molecular complexity index is 434. The van der Waals surface area contributed by atoms with Gasteiger partial charge in [-0.3, -0.25) is 4.90 Å². The zero-order chi connectivity index (χ0) is 14.0. The molecule has 1 saturated heterocycles. The van der Waals surface area contributed by atoms with Crippen molar-refractivity contribution in [2.45, 2.75) is 38.8 Å². The summed E-state index contributed by atoms with van der Waals surface area (Å²) >= 11 is 0. The Hall–Kier alpha value is -1.00. The Labute approximate surface area is 113 Å². The molecule has 1 aromatic rings. The maximum atomic E-state index is 13.5. The molecule has 0 radical (unpaired) electrons. The molecule has 2 nitrogen and oxygen atoms in total. The molecular formula is C15H22F2N2. The molecule has 1 fully saturated rings. The Balaban J connectivity index is 2.36. The van der Waals surface area contributed by atoms with Gasteiger partial charge in [0.25, 0.3) is 0 Å². The number of nitrogens with zero attached hydrogens (tertiary/aromatic N) is 1. The van der Waals surface area contributed by atoms with Crippen molar-refractivity contribution < 1.29 is 8.78 Å². The quantitative estimate of drug-likeness (QED) is 0.912. The molecule has 0 spiro atoms. The topological polar surface area (TPSA) is 29.3 Å². The van der Waals surface area contributed by atoms with Gasteiger partial charge in [-0.05, 0) is 63.4 Å². The van der Waals surface area contributed by atoms with E-state index in [2.05, 4.69) is 18.7 Å². The summed E-state index contributed by atoms with van der Waals surface area (Å²) in [7, 11) is 0. The fourth-order valence-electron chi connectivity index (χ4n) is 3.09. The minimum Gasteiger partial charge on any atom is -0.330 e. The van der Waals surface area contributed by atoms with Crippen LogP contribution < -0.4 is 5.73 Å². The molecule has 106 valence electrons. The molecule has 0 saturated carbocycles. The van der Waals surface area contributed by atoms with Gasteiger partial charge in [0.15, 0.2) is 11.6 Å². The van der Waals surface area contributed by atoms with Gasteiger partial charge in [-0.25, -0.2) is 8.78 Å². The third-order valence-corrected chi connectivity index (χ3v) is 4.05. The second-order valence-corrected chi connectivity index (χ2v) is 5.59. The summed E-state index contributed by atoms with van der Waals surface area (Å²) in [6.45, 7) is 5.82. The number of halogens is 2. The van der Waals surface area contributed by atoms with Gasteiger partial charge in [0.2, 0.25) is 0 Å². The lowest BCUT2D eigenvalue weighted by Gasteiger charge is -2.43. The van der Waals surface area contributed by atoms with E-state index in [9.17, 15) is 8.78 Å². The first kappa shape index (κ1) is 14.4. The van der Waals surface area contributed by atoms with E-state index >= 15 is 0 Å². The number of benzene rings is 1. The number of rotatable bonds is 3. The first-order chi connectivity index (χ1) is 9.04. The number of hydrogen-bond acceptors (Lipinski definition) is 2. The second-order valence-electron chi connectivity index (χ2n) is 5.59. The minimum absolute atomic E-state index is 0.0915. The molecule has 2 atom stereocenters. The fraction of sp³-hybridized carbons (Fsp3) is 0.600. The van der Waals surface area contributed by atoms with E-state index < -0.39 is 11.6 Å². The van der Waals surface area contributed by atoms with E-state index in [1.807, 2.05) is 0 Å². The average molecular weight is 268 g/mol. The van der Waals surface area contributed by atoms with Crippen LogP contribution in [0.2, 0.25) is 0 Å². The lowest BCUT2D eigenvalue weighted by molar-refractivity contribution is 0.0663. The van der Waals surface area contributed by atoms with Crippen molar-refractivity contribution in [1.82, 2.24) is 4.90 Å². The Morgan fingerprint density at radius 1 is 1.32 bits per heavy atom. The highest BCUT2D eigenvalue weighted by molar-refractivity contribution is 5.23. The molecule has 0 aliphatic carbocycles. The molecule has 2 unspecified atom stereocenters. The van der Waals surface area contributed by atoms with Crippen LogP contribution in [-0.4, -0.2) is 24.0 Å². The first-order valence-corrected chi connectivity index (χ1v) is 6.95. The second kappa shape index (κ2) is 5.97. The molecule has 0 amide bonds. The normalized spacial score (nSPS) is 24.9. The standard InChI is InChI=1S/C15H22F2N2/c1-10(2)19-7-3-4-12(9-18)15(19)11-5-6-13(16)14(17)8-11/h5-6,8,10,12,15H,3-4,7,9,18H2,1-2H3. The number of piperidine rings is 1. The van der Waals surface area contributed by atoms with Crippen molar-refractivity contribution in [3.05, 3.63) is 35.4 Å². The molecule has 19 heavy (non-hydrogen) atoms. The van der Waals surface area contributed by atoms with E-state index in [1.165, 1.54) is 12.1 Å². The van der Waals surface area contributed by atoms with Crippen molar-refractivity contribution in [3.63, 3.8) is 0 Å². The van der Waals surface area contributed by atoms with Crippen LogP contribution in [0.25, 0.3) is 0 Å². The number of nitrogens with two attached hydrogens (primary N) is 1. The summed E-state index contributed by atoms with van der Waals surface area (Å²) in [5.41, 5.74) is 6.70. The van der Waals surface area contributed by atoms with Crippen LogP contribution in [0.15, 0.2) is 18.2 Å². The molecule has 0 aromatic heterocycles. The van der Waals surface area contributed by atoms with Crippen molar-refractivity contribution in [1.29, 1.82) is 0 Å². The third kappa shape index (κ3) is 2.95. The largest absolute Gasteiger partial charge is 0.330 e. The van der Waals surface area contributed by atoms with Crippen molar-refractivity contribution in [3.8, 4) is 0 Å². The summed E-state index contributed by atoms with van der Waals surface area (Å²) in [5, 5.41) is 0. The molecule has 0 bridgehead atoms. The van der Waals surface area contributed by atoms with Crippen LogP contribution in [0.5, 0.6) is 0 Å². The van der Waals surface area contributed by atoms with Gasteiger partial charge < -0.3 is 5.73 Å². The summed E-state index contributed by atoms with van der Waals surface area (Å²) in [5.74, 6) is -1.26. The lowest BCUT2D eigenvalue weighted by atomic mass is 9.84. The average Bonchev–Trinajstić information content (AvgIpc) is 2.41. The minimum atomic E-state index is -0.792. The molecule has 4 heteroatoms. The summed E-state index contributed by atoms with van der Waals surface area (Å²) < 4.78 is 26.6. The van der Waals surface area contributed by atoms with Crippen LogP contribution in [-0.2, 0) is 0 Å². The van der Waals surface area contributed by atoms with Gasteiger partial charge in [0.1, 0.15) is 0 Å². The van der Waals surface area contributed by atoms with Crippen LogP contribution >= 0.6 is 0 Å². The monoisotopic (exact) mass is 268 g/mol. The van der Waals surface area contributed by atoms with Gasteiger partial charge in [-0.2, -0.15) is 0 Å². The van der Waals surface area contributed by atoms with Crippen LogP contribution in [0.3, 0.4) is 0 Å². The first-order valence-electron chi connectivity index (χ1n) is 6.95. The van der Waals surface area contributed by atoms with Gasteiger partial charge in [-0.15, -0.1) is 0 Å². The fourth-order valence-corrected chi connectivity index (χ4v) is 3.09. The van der Waals surface area contributed by atoms with Crippen molar-refractivity contribution in [2.24, 2.45) is 11.7 Å². The van der Waals surface area contributed by atoms with Crippen LogP contribution in [0, 0.1) is 17.6 Å². The Morgan fingerprint density at radius 2 is 2.05 bits per heavy atom. The van der Waals surface area contributed by atoms with Gasteiger partial charge in [-0.1, -0.05) is 6.07 Å². The van der Waals surface area contributed by atoms with Gasteiger partial charge in [0, 0.05) is 12.1 Å². The summed E-state index contributed by atoms with van der Waals surface area (Å²) in [6, 6.07) is 4.68. The van der Waals surface area contributed by atoms with Crippen LogP contribution in [0.4, 0.5) is 8.78 Å². The van der Waals surface area contributed by atoms with E-state index in [0.29, 0.717) is 18.5 Å². The lowest BCUT2D eigenvalue weighted by Crippen LogP contribution is -2.45. The maximum Gasteiger partial charge on any atom is 0.159 e. The highest BCUT2D eigenvalue weighted by Gasteiger charge is 2.33. The molecule has 2 N–H and O–H groups in total. The number of likely N-dealkylation sites (tertiary alicyclic amines) is 1. The molecule has 1 aliphatic rings. The van der Waals surface area contributed by atoms with Gasteiger partial charge in [0.05, 0.1) is 0 Å². The zero-order valence-corrected chi connectivity index (χ0v) is 11.6. The number of hydrogen-bond donors (Lipinski definition) is 1. The SMILES string of the molecule is CC(C)N1CCCC(CN)C1c1ccc(F)c(F)c1. The van der Waals surface area contributed by atoms with E-state index in [1.54, 1.807) is 6.07 Å². The molecule has 2 rings (SSSR count). The zero-order valence-electron chi connectivity index (χ0n) is 11.6. The van der Waals surface area contributed by atoms with Crippen molar-refractivity contribution >= 4 is 0 Å². The molecule has 1 heterocycles. The van der Waals surface area contributed by atoms with E-state index in [4.69, 9.17) is 5.73 Å². The predicted octanol–water partition coefficient (Wildman–Crippen LogP) is 3.09. The summed E-state index contributed by atoms with van der Waals surface area (Å²) in [4.78, 5) is 2.34. The molecule has 1 aromatic carbocycles.